The molecule has 1 saturated heterocycles. The topological polar surface area (TPSA) is 101 Å². The maximum atomic E-state index is 12.8. The molecule has 160 valence electrons. The van der Waals surface area contributed by atoms with Gasteiger partial charge < -0.3 is 19.8 Å². The molecule has 2 heterocycles. The first-order valence-corrected chi connectivity index (χ1v) is 10.3. The maximum absolute atomic E-state index is 12.8. The fraction of sp³-hybridized carbons (Fsp3) is 0.261. The molecule has 2 aliphatic rings. The molecule has 31 heavy (non-hydrogen) atoms. The van der Waals surface area contributed by atoms with Crippen molar-refractivity contribution in [3.63, 3.8) is 0 Å². The molecule has 7 nitrogen and oxygen atoms in total. The van der Waals surface area contributed by atoms with E-state index in [1.807, 2.05) is 24.3 Å². The molecule has 2 atom stereocenters. The lowest BCUT2D eigenvalue weighted by Crippen LogP contribution is -2.44. The van der Waals surface area contributed by atoms with Crippen molar-refractivity contribution in [1.82, 2.24) is 10.3 Å². The molecule has 1 fully saturated rings. The first-order valence-electron chi connectivity index (χ1n) is 9.92. The smallest absolute Gasteiger partial charge is 0.329 e. The second kappa shape index (κ2) is 9.32. The van der Waals surface area contributed by atoms with Crippen LogP contribution in [-0.2, 0) is 27.1 Å². The molecule has 1 aromatic carbocycles. The van der Waals surface area contributed by atoms with Crippen LogP contribution in [-0.4, -0.2) is 42.2 Å². The Morgan fingerprint density at radius 1 is 1.26 bits per heavy atom. The molecule has 0 spiro atoms. The molecule has 8 heteroatoms. The SMILES string of the molecule is O=C(NC(Cc1cc(=O)[nH]c2c1C=CC=CC2)C(=O)OCC1CO1)c1ccc(Cl)cc1. The van der Waals surface area contributed by atoms with Crippen molar-refractivity contribution in [1.29, 1.82) is 0 Å². The van der Waals surface area contributed by atoms with Gasteiger partial charge in [-0.2, -0.15) is 0 Å². The molecule has 1 aromatic heterocycles. The van der Waals surface area contributed by atoms with Crippen molar-refractivity contribution in [2.45, 2.75) is 25.0 Å². The second-order valence-electron chi connectivity index (χ2n) is 7.36. The van der Waals surface area contributed by atoms with E-state index in [9.17, 15) is 14.4 Å². The van der Waals surface area contributed by atoms with E-state index >= 15 is 0 Å². The summed E-state index contributed by atoms with van der Waals surface area (Å²) in [5.41, 5.74) is 2.34. The highest BCUT2D eigenvalue weighted by Crippen LogP contribution is 2.19. The third-order valence-corrected chi connectivity index (χ3v) is 5.27. The lowest BCUT2D eigenvalue weighted by molar-refractivity contribution is -0.146. The Morgan fingerprint density at radius 3 is 2.77 bits per heavy atom. The number of benzene rings is 1. The number of nitrogens with one attached hydrogen (secondary N) is 2. The molecule has 0 radical (unpaired) electrons. The Hall–Kier alpha value is -3.16. The average molecular weight is 441 g/mol. The summed E-state index contributed by atoms with van der Waals surface area (Å²) < 4.78 is 10.4. The number of hydrogen-bond donors (Lipinski definition) is 2. The minimum absolute atomic E-state index is 0.0959. The van der Waals surface area contributed by atoms with Crippen molar-refractivity contribution in [3.8, 4) is 0 Å². The van der Waals surface area contributed by atoms with Crippen LogP contribution in [0.25, 0.3) is 6.08 Å². The second-order valence-corrected chi connectivity index (χ2v) is 7.80. The molecule has 1 aliphatic carbocycles. The van der Waals surface area contributed by atoms with Gasteiger partial charge in [-0.1, -0.05) is 35.9 Å². The molecule has 2 N–H and O–H groups in total. The number of halogens is 1. The number of H-pyrrole nitrogens is 1. The molecule has 0 saturated carbocycles. The number of esters is 1. The van der Waals surface area contributed by atoms with E-state index in [1.54, 1.807) is 24.3 Å². The minimum atomic E-state index is -0.975. The monoisotopic (exact) mass is 440 g/mol. The number of aromatic amines is 1. The van der Waals surface area contributed by atoms with Gasteiger partial charge in [0.2, 0.25) is 5.56 Å². The van der Waals surface area contributed by atoms with Gasteiger partial charge in [0.1, 0.15) is 18.8 Å². The molecule has 4 rings (SSSR count). The van der Waals surface area contributed by atoms with Gasteiger partial charge in [0.25, 0.3) is 5.91 Å². The lowest BCUT2D eigenvalue weighted by atomic mass is 9.98. The zero-order chi connectivity index (χ0) is 21.8. The molecule has 0 bridgehead atoms. The van der Waals surface area contributed by atoms with Crippen molar-refractivity contribution >= 4 is 29.6 Å². The van der Waals surface area contributed by atoms with Crippen molar-refractivity contribution in [2.24, 2.45) is 0 Å². The van der Waals surface area contributed by atoms with E-state index in [1.165, 1.54) is 6.07 Å². The van der Waals surface area contributed by atoms with Gasteiger partial charge in [-0.05, 0) is 35.4 Å². The zero-order valence-electron chi connectivity index (χ0n) is 16.6. The van der Waals surface area contributed by atoms with E-state index < -0.39 is 17.9 Å². The molecular formula is C23H21ClN2O5. The van der Waals surface area contributed by atoms with Crippen LogP contribution in [0.2, 0.25) is 5.02 Å². The highest BCUT2D eigenvalue weighted by atomic mass is 35.5. The number of fused-ring (bicyclic) bond motifs is 1. The number of aromatic nitrogens is 1. The molecule has 1 amide bonds. The van der Waals surface area contributed by atoms with Crippen molar-refractivity contribution in [3.05, 3.63) is 86.3 Å². The van der Waals surface area contributed by atoms with Crippen LogP contribution in [0.15, 0.2) is 53.4 Å². The third kappa shape index (κ3) is 5.51. The number of ether oxygens (including phenoxy) is 2. The minimum Gasteiger partial charge on any atom is -0.461 e. The summed E-state index contributed by atoms with van der Waals surface area (Å²) in [6.07, 6.45) is 8.17. The third-order valence-electron chi connectivity index (χ3n) is 5.02. The van der Waals surface area contributed by atoms with E-state index in [-0.39, 0.29) is 24.7 Å². The number of epoxide rings is 1. The van der Waals surface area contributed by atoms with E-state index in [0.717, 1.165) is 11.3 Å². The maximum Gasteiger partial charge on any atom is 0.329 e. The van der Waals surface area contributed by atoms with Gasteiger partial charge in [0, 0.05) is 35.2 Å². The van der Waals surface area contributed by atoms with Crippen LogP contribution < -0.4 is 10.9 Å². The Balaban J connectivity index is 1.59. The number of pyridine rings is 1. The van der Waals surface area contributed by atoms with E-state index in [4.69, 9.17) is 21.1 Å². The number of rotatable bonds is 7. The van der Waals surface area contributed by atoms with Crippen LogP contribution in [0.3, 0.4) is 0 Å². The largest absolute Gasteiger partial charge is 0.461 e. The van der Waals surface area contributed by atoms with Gasteiger partial charge in [0.05, 0.1) is 6.61 Å². The Bertz CT molecular complexity index is 1100. The molecular weight excluding hydrogens is 420 g/mol. The predicted octanol–water partition coefficient (Wildman–Crippen LogP) is 2.44. The lowest BCUT2D eigenvalue weighted by Gasteiger charge is -2.19. The normalized spacial score (nSPS) is 17.4. The summed E-state index contributed by atoms with van der Waals surface area (Å²) >= 11 is 5.89. The Labute approximate surface area is 183 Å². The van der Waals surface area contributed by atoms with Crippen LogP contribution in [0.1, 0.15) is 27.2 Å². The fourth-order valence-electron chi connectivity index (χ4n) is 3.33. The van der Waals surface area contributed by atoms with E-state index in [0.29, 0.717) is 29.2 Å². The highest BCUT2D eigenvalue weighted by molar-refractivity contribution is 6.30. The Kier molecular flexibility index (Phi) is 6.34. The quantitative estimate of drug-likeness (QED) is 0.508. The average Bonchev–Trinajstić information content (AvgIpc) is 3.59. The zero-order valence-corrected chi connectivity index (χ0v) is 17.4. The van der Waals surface area contributed by atoms with Gasteiger partial charge in [-0.15, -0.1) is 0 Å². The van der Waals surface area contributed by atoms with Crippen molar-refractivity contribution < 1.29 is 19.1 Å². The predicted molar refractivity (Wildman–Crippen MR) is 116 cm³/mol. The van der Waals surface area contributed by atoms with Crippen LogP contribution in [0, 0.1) is 0 Å². The van der Waals surface area contributed by atoms with Gasteiger partial charge in [-0.25, -0.2) is 4.79 Å². The number of allylic oxidation sites excluding steroid dienone is 3. The van der Waals surface area contributed by atoms with Crippen LogP contribution in [0.5, 0.6) is 0 Å². The van der Waals surface area contributed by atoms with Crippen LogP contribution >= 0.6 is 11.6 Å². The van der Waals surface area contributed by atoms with Crippen LogP contribution in [0.4, 0.5) is 0 Å². The number of hydrogen-bond acceptors (Lipinski definition) is 5. The Morgan fingerprint density at radius 2 is 2.03 bits per heavy atom. The van der Waals surface area contributed by atoms with Crippen molar-refractivity contribution in [2.75, 3.05) is 13.2 Å². The summed E-state index contributed by atoms with van der Waals surface area (Å²) in [4.78, 5) is 40.6. The first-order chi connectivity index (χ1) is 15.0. The number of carbonyl (C=O) groups is 2. The highest BCUT2D eigenvalue weighted by Gasteiger charge is 2.29. The van der Waals surface area contributed by atoms with Gasteiger partial charge in [-0.3, -0.25) is 9.59 Å². The molecule has 2 aromatic rings. The standard InChI is InChI=1S/C23H21ClN2O5/c24-16-8-6-14(7-9-16)22(28)26-20(23(29)31-13-17-12-30-17)10-15-11-21(27)25-19-5-3-1-2-4-18(15)19/h1-4,6-9,11,17,20H,5,10,12-13H2,(H,25,27)(H,26,28). The molecule has 2 unspecified atom stereocenters. The first kappa shape index (κ1) is 21.1. The summed E-state index contributed by atoms with van der Waals surface area (Å²) in [6.45, 7) is 0.678. The summed E-state index contributed by atoms with van der Waals surface area (Å²) in [5, 5.41) is 3.24. The summed E-state index contributed by atoms with van der Waals surface area (Å²) in [6, 6.07) is 6.83. The van der Waals surface area contributed by atoms with Gasteiger partial charge >= 0.3 is 5.97 Å². The number of amides is 1. The fourth-order valence-corrected chi connectivity index (χ4v) is 3.46. The molecule has 1 aliphatic heterocycles. The van der Waals surface area contributed by atoms with Gasteiger partial charge in [0.15, 0.2) is 0 Å². The summed E-state index contributed by atoms with van der Waals surface area (Å²) in [7, 11) is 0. The van der Waals surface area contributed by atoms with E-state index in [2.05, 4.69) is 10.3 Å². The number of carbonyl (C=O) groups excluding carboxylic acids is 2. The summed E-state index contributed by atoms with van der Waals surface area (Å²) in [5.74, 6) is -1.02.